The predicted molar refractivity (Wildman–Crippen MR) is 45.8 cm³/mol. The van der Waals surface area contributed by atoms with Crippen molar-refractivity contribution in [1.29, 1.82) is 0 Å². The maximum atomic E-state index is 9.29. The summed E-state index contributed by atoms with van der Waals surface area (Å²) in [5.74, 6) is 0.240. The van der Waals surface area contributed by atoms with Crippen molar-refractivity contribution in [3.8, 4) is 5.75 Å². The Hall–Kier alpha value is -0.670. The Labute approximate surface area is 69.9 Å². The molecule has 0 radical (unpaired) electrons. The lowest BCUT2D eigenvalue weighted by molar-refractivity contribution is 0.281. The molecule has 0 amide bonds. The molecule has 11 heavy (non-hydrogen) atoms. The van der Waals surface area contributed by atoms with Gasteiger partial charge < -0.3 is 10.2 Å². The van der Waals surface area contributed by atoms with Gasteiger partial charge in [0.05, 0.1) is 6.61 Å². The van der Waals surface area contributed by atoms with E-state index in [-0.39, 0.29) is 12.4 Å². The third-order valence-corrected chi connectivity index (χ3v) is 2.21. The summed E-state index contributed by atoms with van der Waals surface area (Å²) < 4.78 is 0. The van der Waals surface area contributed by atoms with Crippen LogP contribution in [0.2, 0.25) is 0 Å². The Kier molecular flexibility index (Phi) is 2.79. The molecule has 0 spiro atoms. The molecule has 0 atom stereocenters. The second-order valence-electron chi connectivity index (χ2n) is 2.16. The molecule has 1 aromatic carbocycles. The highest BCUT2D eigenvalue weighted by atomic mass is 32.2. The van der Waals surface area contributed by atoms with Crippen LogP contribution in [-0.4, -0.2) is 16.5 Å². The molecule has 0 saturated heterocycles. The van der Waals surface area contributed by atoms with Crippen molar-refractivity contribution >= 4 is 11.8 Å². The second-order valence-corrected chi connectivity index (χ2v) is 3.01. The average molecular weight is 170 g/mol. The maximum absolute atomic E-state index is 9.29. The van der Waals surface area contributed by atoms with Crippen LogP contribution >= 0.6 is 11.8 Å². The third-order valence-electron chi connectivity index (χ3n) is 1.43. The molecular weight excluding hydrogens is 160 g/mol. The molecule has 2 N–H and O–H groups in total. The topological polar surface area (TPSA) is 40.5 Å². The van der Waals surface area contributed by atoms with Gasteiger partial charge in [0.15, 0.2) is 0 Å². The fourth-order valence-corrected chi connectivity index (χ4v) is 1.31. The Morgan fingerprint density at radius 3 is 2.64 bits per heavy atom. The molecule has 0 aliphatic heterocycles. The van der Waals surface area contributed by atoms with Crippen LogP contribution in [-0.2, 0) is 6.61 Å². The summed E-state index contributed by atoms with van der Waals surface area (Å²) in [6.07, 6.45) is 1.90. The Balaban J connectivity index is 2.99. The number of aromatic hydroxyl groups is 1. The lowest BCUT2D eigenvalue weighted by Gasteiger charge is -2.01. The molecule has 0 aliphatic carbocycles. The normalized spacial score (nSPS) is 10.0. The first-order valence-corrected chi connectivity index (χ1v) is 4.47. The molecule has 0 heterocycles. The van der Waals surface area contributed by atoms with Crippen molar-refractivity contribution in [3.05, 3.63) is 23.8 Å². The van der Waals surface area contributed by atoms with E-state index in [0.29, 0.717) is 0 Å². The highest BCUT2D eigenvalue weighted by molar-refractivity contribution is 7.98. The van der Waals surface area contributed by atoms with Gasteiger partial charge in [0.25, 0.3) is 0 Å². The van der Waals surface area contributed by atoms with E-state index < -0.39 is 0 Å². The monoisotopic (exact) mass is 170 g/mol. The molecule has 3 heteroatoms. The van der Waals surface area contributed by atoms with Gasteiger partial charge in [-0.15, -0.1) is 11.8 Å². The Morgan fingerprint density at radius 1 is 1.45 bits per heavy atom. The van der Waals surface area contributed by atoms with Gasteiger partial charge >= 0.3 is 0 Å². The minimum atomic E-state index is -0.0256. The van der Waals surface area contributed by atoms with E-state index in [2.05, 4.69) is 0 Å². The van der Waals surface area contributed by atoms with Crippen molar-refractivity contribution in [2.45, 2.75) is 11.5 Å². The van der Waals surface area contributed by atoms with Gasteiger partial charge in [-0.1, -0.05) is 6.07 Å². The average Bonchev–Trinajstić information content (AvgIpc) is 2.04. The molecule has 0 aromatic heterocycles. The van der Waals surface area contributed by atoms with Crippen molar-refractivity contribution in [2.75, 3.05) is 6.26 Å². The van der Waals surface area contributed by atoms with Gasteiger partial charge in [0.2, 0.25) is 0 Å². The van der Waals surface area contributed by atoms with Crippen molar-refractivity contribution < 1.29 is 10.2 Å². The number of phenolic OH excluding ortho intramolecular Hbond substituents is 1. The number of hydrogen-bond acceptors (Lipinski definition) is 3. The summed E-state index contributed by atoms with van der Waals surface area (Å²) >= 11 is 1.48. The van der Waals surface area contributed by atoms with Crippen LogP contribution < -0.4 is 0 Å². The number of phenols is 1. The number of aliphatic hydroxyl groups excluding tert-OH is 1. The van der Waals surface area contributed by atoms with Crippen LogP contribution in [0.15, 0.2) is 23.1 Å². The van der Waals surface area contributed by atoms with Gasteiger partial charge in [-0.05, 0) is 24.0 Å². The third kappa shape index (κ3) is 1.88. The van der Waals surface area contributed by atoms with Crippen LogP contribution in [0.3, 0.4) is 0 Å². The van der Waals surface area contributed by atoms with Crippen molar-refractivity contribution in [2.24, 2.45) is 0 Å². The summed E-state index contributed by atoms with van der Waals surface area (Å²) in [7, 11) is 0. The summed E-state index contributed by atoms with van der Waals surface area (Å²) in [4.78, 5) is 0.835. The summed E-state index contributed by atoms with van der Waals surface area (Å²) in [6.45, 7) is -0.0256. The molecule has 2 nitrogen and oxygen atoms in total. The maximum Gasteiger partial charge on any atom is 0.129 e. The smallest absolute Gasteiger partial charge is 0.129 e. The highest BCUT2D eigenvalue weighted by Crippen LogP contribution is 2.26. The van der Waals surface area contributed by atoms with Crippen molar-refractivity contribution in [1.82, 2.24) is 0 Å². The highest BCUT2D eigenvalue weighted by Gasteiger charge is 1.99. The first-order valence-electron chi connectivity index (χ1n) is 3.24. The molecule has 60 valence electrons. The van der Waals surface area contributed by atoms with E-state index in [0.717, 1.165) is 10.5 Å². The van der Waals surface area contributed by atoms with Gasteiger partial charge in [0, 0.05) is 4.90 Å². The van der Waals surface area contributed by atoms with Crippen LogP contribution in [0.1, 0.15) is 5.56 Å². The zero-order valence-corrected chi connectivity index (χ0v) is 7.06. The van der Waals surface area contributed by atoms with Crippen LogP contribution in [0.4, 0.5) is 0 Å². The fraction of sp³-hybridized carbons (Fsp3) is 0.250. The Bertz CT molecular complexity index is 248. The quantitative estimate of drug-likeness (QED) is 0.662. The van der Waals surface area contributed by atoms with E-state index >= 15 is 0 Å². The fourth-order valence-electron chi connectivity index (χ4n) is 0.834. The molecule has 0 bridgehead atoms. The molecule has 0 fully saturated rings. The van der Waals surface area contributed by atoms with E-state index in [1.54, 1.807) is 18.2 Å². The van der Waals surface area contributed by atoms with Gasteiger partial charge in [-0.3, -0.25) is 0 Å². The van der Waals surface area contributed by atoms with Gasteiger partial charge in [0.1, 0.15) is 5.75 Å². The largest absolute Gasteiger partial charge is 0.507 e. The van der Waals surface area contributed by atoms with E-state index in [4.69, 9.17) is 5.11 Å². The number of aliphatic hydroxyl groups is 1. The van der Waals surface area contributed by atoms with E-state index in [9.17, 15) is 5.11 Å². The predicted octanol–water partition coefficient (Wildman–Crippen LogP) is 1.61. The number of hydrogen-bond donors (Lipinski definition) is 2. The first kappa shape index (κ1) is 8.43. The lowest BCUT2D eigenvalue weighted by atomic mass is 10.2. The van der Waals surface area contributed by atoms with Crippen molar-refractivity contribution in [3.63, 3.8) is 0 Å². The second kappa shape index (κ2) is 3.64. The molecule has 0 aliphatic rings. The molecule has 0 saturated carbocycles. The van der Waals surface area contributed by atoms with Crippen LogP contribution in [0, 0.1) is 0 Å². The Morgan fingerprint density at radius 2 is 2.18 bits per heavy atom. The minimum Gasteiger partial charge on any atom is -0.507 e. The number of rotatable bonds is 2. The van der Waals surface area contributed by atoms with Gasteiger partial charge in [-0.2, -0.15) is 0 Å². The zero-order valence-electron chi connectivity index (χ0n) is 6.24. The standard InChI is InChI=1S/C8H10O2S/c1-11-8-3-2-6(5-9)4-7(8)10/h2-4,9-10H,5H2,1H3. The molecule has 0 unspecified atom stereocenters. The summed E-state index contributed by atoms with van der Waals surface area (Å²) in [5.41, 5.74) is 0.736. The van der Waals surface area contributed by atoms with Crippen LogP contribution in [0.25, 0.3) is 0 Å². The van der Waals surface area contributed by atoms with E-state index in [1.807, 2.05) is 6.26 Å². The summed E-state index contributed by atoms with van der Waals surface area (Å²) in [5, 5.41) is 18.0. The number of thioether (sulfide) groups is 1. The molecule has 1 rings (SSSR count). The SMILES string of the molecule is CSc1ccc(CO)cc1O. The summed E-state index contributed by atoms with van der Waals surface area (Å²) in [6, 6.07) is 5.17. The molecule has 1 aromatic rings. The van der Waals surface area contributed by atoms with E-state index in [1.165, 1.54) is 11.8 Å². The lowest BCUT2D eigenvalue weighted by Crippen LogP contribution is -1.82. The zero-order chi connectivity index (χ0) is 8.27. The first-order chi connectivity index (χ1) is 5.27. The van der Waals surface area contributed by atoms with Crippen LogP contribution in [0.5, 0.6) is 5.75 Å². The molecular formula is C8H10O2S. The number of benzene rings is 1. The minimum absolute atomic E-state index is 0.0256. The van der Waals surface area contributed by atoms with Gasteiger partial charge in [-0.25, -0.2) is 0 Å².